The smallest absolute Gasteiger partial charge is 0.0261 e. The molecule has 0 aliphatic carbocycles. The van der Waals surface area contributed by atoms with E-state index in [0.717, 1.165) is 19.0 Å². The lowest BCUT2D eigenvalue weighted by molar-refractivity contribution is 0.201. The Morgan fingerprint density at radius 2 is 2.24 bits per heavy atom. The Morgan fingerprint density at radius 1 is 1.41 bits per heavy atom. The van der Waals surface area contributed by atoms with Crippen LogP contribution in [-0.2, 0) is 6.54 Å². The third-order valence-corrected chi connectivity index (χ3v) is 4.21. The number of hydrogen-bond acceptors (Lipinski definition) is 2. The van der Waals surface area contributed by atoms with Crippen LogP contribution in [0.1, 0.15) is 18.9 Å². The van der Waals surface area contributed by atoms with Crippen LogP contribution in [0.2, 0.25) is 0 Å². The quantitative estimate of drug-likeness (QED) is 0.919. The SMILES string of the molecule is CCC1CNCC1N(C)Cc1cccc(Br)c1. The number of benzene rings is 1. The van der Waals surface area contributed by atoms with Crippen molar-refractivity contribution in [1.82, 2.24) is 10.2 Å². The van der Waals surface area contributed by atoms with E-state index in [4.69, 9.17) is 0 Å². The number of hydrogen-bond donors (Lipinski definition) is 1. The molecule has 2 rings (SSSR count). The van der Waals surface area contributed by atoms with Gasteiger partial charge in [-0.25, -0.2) is 0 Å². The zero-order chi connectivity index (χ0) is 12.3. The van der Waals surface area contributed by atoms with Crippen molar-refractivity contribution in [2.75, 3.05) is 20.1 Å². The van der Waals surface area contributed by atoms with Crippen LogP contribution in [0.5, 0.6) is 0 Å². The van der Waals surface area contributed by atoms with E-state index in [9.17, 15) is 0 Å². The number of halogens is 1. The van der Waals surface area contributed by atoms with Gasteiger partial charge < -0.3 is 5.32 Å². The van der Waals surface area contributed by atoms with Crippen LogP contribution in [0.4, 0.5) is 0 Å². The van der Waals surface area contributed by atoms with E-state index in [1.807, 2.05) is 0 Å². The van der Waals surface area contributed by atoms with Gasteiger partial charge in [-0.3, -0.25) is 4.90 Å². The van der Waals surface area contributed by atoms with Gasteiger partial charge in [-0.15, -0.1) is 0 Å². The van der Waals surface area contributed by atoms with Gasteiger partial charge in [-0.2, -0.15) is 0 Å². The Hall–Kier alpha value is -0.380. The summed E-state index contributed by atoms with van der Waals surface area (Å²) in [5.74, 6) is 0.798. The highest BCUT2D eigenvalue weighted by atomic mass is 79.9. The van der Waals surface area contributed by atoms with Gasteiger partial charge in [0, 0.05) is 23.6 Å². The normalized spacial score (nSPS) is 24.5. The highest BCUT2D eigenvalue weighted by molar-refractivity contribution is 9.10. The molecule has 0 spiro atoms. The maximum Gasteiger partial charge on any atom is 0.0261 e. The molecule has 1 aromatic carbocycles. The van der Waals surface area contributed by atoms with Crippen molar-refractivity contribution in [3.05, 3.63) is 34.3 Å². The molecule has 3 heteroatoms. The summed E-state index contributed by atoms with van der Waals surface area (Å²) in [4.78, 5) is 2.48. The molecule has 0 aromatic heterocycles. The Kier molecular flexibility index (Phi) is 4.60. The van der Waals surface area contributed by atoms with Gasteiger partial charge in [0.2, 0.25) is 0 Å². The van der Waals surface area contributed by atoms with Crippen molar-refractivity contribution < 1.29 is 0 Å². The summed E-state index contributed by atoms with van der Waals surface area (Å²) in [6.45, 7) is 5.62. The number of likely N-dealkylation sites (N-methyl/N-ethyl adjacent to an activating group) is 1. The third kappa shape index (κ3) is 3.30. The minimum absolute atomic E-state index is 0.680. The second-order valence-corrected chi connectivity index (χ2v) is 5.85. The predicted molar refractivity (Wildman–Crippen MR) is 76.0 cm³/mol. The molecule has 1 saturated heterocycles. The van der Waals surface area contributed by atoms with Crippen LogP contribution in [0.15, 0.2) is 28.7 Å². The van der Waals surface area contributed by atoms with Crippen LogP contribution in [0, 0.1) is 5.92 Å². The molecule has 0 amide bonds. The largest absolute Gasteiger partial charge is 0.315 e. The van der Waals surface area contributed by atoms with E-state index in [1.165, 1.54) is 23.0 Å². The Morgan fingerprint density at radius 3 is 2.94 bits per heavy atom. The van der Waals surface area contributed by atoms with Gasteiger partial charge in [0.25, 0.3) is 0 Å². The maximum absolute atomic E-state index is 3.53. The van der Waals surface area contributed by atoms with E-state index < -0.39 is 0 Å². The van der Waals surface area contributed by atoms with Crippen molar-refractivity contribution >= 4 is 15.9 Å². The van der Waals surface area contributed by atoms with Crippen molar-refractivity contribution in [2.24, 2.45) is 5.92 Å². The molecule has 0 bridgehead atoms. The van der Waals surface area contributed by atoms with E-state index in [-0.39, 0.29) is 0 Å². The summed E-state index contributed by atoms with van der Waals surface area (Å²) in [5.41, 5.74) is 1.38. The molecule has 2 nitrogen and oxygen atoms in total. The standard InChI is InChI=1S/C14H21BrN2/c1-3-12-8-16-9-14(12)17(2)10-11-5-4-6-13(15)7-11/h4-7,12,14,16H,3,8-10H2,1-2H3. The summed E-state index contributed by atoms with van der Waals surface area (Å²) < 4.78 is 1.17. The topological polar surface area (TPSA) is 15.3 Å². The first-order valence-corrected chi connectivity index (χ1v) is 7.15. The molecule has 94 valence electrons. The van der Waals surface area contributed by atoms with Gasteiger partial charge >= 0.3 is 0 Å². The lowest BCUT2D eigenvalue weighted by Crippen LogP contribution is -2.37. The van der Waals surface area contributed by atoms with Crippen molar-refractivity contribution in [3.8, 4) is 0 Å². The molecule has 0 radical (unpaired) electrons. The van der Waals surface area contributed by atoms with Crippen LogP contribution in [0.25, 0.3) is 0 Å². The fourth-order valence-electron chi connectivity index (χ4n) is 2.69. The molecule has 1 aliphatic heterocycles. The zero-order valence-electron chi connectivity index (χ0n) is 10.6. The second-order valence-electron chi connectivity index (χ2n) is 4.94. The maximum atomic E-state index is 3.53. The molecule has 17 heavy (non-hydrogen) atoms. The molecule has 0 saturated carbocycles. The average Bonchev–Trinajstić information content (AvgIpc) is 2.77. The average molecular weight is 297 g/mol. The fourth-order valence-corrected chi connectivity index (χ4v) is 3.14. The highest BCUT2D eigenvalue weighted by Gasteiger charge is 2.28. The highest BCUT2D eigenvalue weighted by Crippen LogP contribution is 2.20. The summed E-state index contributed by atoms with van der Waals surface area (Å²) in [7, 11) is 2.24. The minimum Gasteiger partial charge on any atom is -0.315 e. The fraction of sp³-hybridized carbons (Fsp3) is 0.571. The van der Waals surface area contributed by atoms with Crippen LogP contribution >= 0.6 is 15.9 Å². The molecule has 1 heterocycles. The monoisotopic (exact) mass is 296 g/mol. The summed E-state index contributed by atoms with van der Waals surface area (Å²) >= 11 is 3.53. The van der Waals surface area contributed by atoms with Crippen LogP contribution < -0.4 is 5.32 Å². The molecule has 2 atom stereocenters. The summed E-state index contributed by atoms with van der Waals surface area (Å²) in [6.07, 6.45) is 1.26. The van der Waals surface area contributed by atoms with Gasteiger partial charge in [0.15, 0.2) is 0 Å². The second kappa shape index (κ2) is 5.98. The van der Waals surface area contributed by atoms with Gasteiger partial charge in [0.05, 0.1) is 0 Å². The summed E-state index contributed by atoms with van der Waals surface area (Å²) in [6, 6.07) is 9.27. The lowest BCUT2D eigenvalue weighted by Gasteiger charge is -2.28. The molecule has 1 aromatic rings. The minimum atomic E-state index is 0.680. The van der Waals surface area contributed by atoms with E-state index in [0.29, 0.717) is 6.04 Å². The number of rotatable bonds is 4. The first-order valence-electron chi connectivity index (χ1n) is 6.36. The molecule has 2 unspecified atom stereocenters. The van der Waals surface area contributed by atoms with Crippen molar-refractivity contribution in [2.45, 2.75) is 25.9 Å². The van der Waals surface area contributed by atoms with Gasteiger partial charge in [-0.05, 0) is 37.2 Å². The Labute approximate surface area is 113 Å². The van der Waals surface area contributed by atoms with Crippen LogP contribution in [0.3, 0.4) is 0 Å². The molecule has 1 N–H and O–H groups in total. The van der Waals surface area contributed by atoms with Crippen LogP contribution in [-0.4, -0.2) is 31.1 Å². The first kappa shape index (κ1) is 13.1. The zero-order valence-corrected chi connectivity index (χ0v) is 12.2. The Bertz CT molecular complexity index is 367. The number of nitrogens with one attached hydrogen (secondary N) is 1. The van der Waals surface area contributed by atoms with Crippen molar-refractivity contribution in [3.63, 3.8) is 0 Å². The van der Waals surface area contributed by atoms with Gasteiger partial charge in [0.1, 0.15) is 0 Å². The van der Waals surface area contributed by atoms with Crippen molar-refractivity contribution in [1.29, 1.82) is 0 Å². The lowest BCUT2D eigenvalue weighted by atomic mass is 9.99. The van der Waals surface area contributed by atoms with Gasteiger partial charge in [-0.1, -0.05) is 41.4 Å². The number of nitrogens with zero attached hydrogens (tertiary/aromatic N) is 1. The van der Waals surface area contributed by atoms with E-state index in [1.54, 1.807) is 0 Å². The molecular formula is C14H21BrN2. The molecular weight excluding hydrogens is 276 g/mol. The van der Waals surface area contributed by atoms with E-state index in [2.05, 4.69) is 64.4 Å². The first-order chi connectivity index (χ1) is 8.20. The molecule has 1 fully saturated rings. The van der Waals surface area contributed by atoms with E-state index >= 15 is 0 Å². The predicted octanol–water partition coefficient (Wildman–Crippen LogP) is 2.88. The summed E-state index contributed by atoms with van der Waals surface area (Å²) in [5, 5.41) is 3.50. The molecule has 1 aliphatic rings. The third-order valence-electron chi connectivity index (χ3n) is 3.72. The Balaban J connectivity index is 1.99.